The first-order chi connectivity index (χ1) is 9.37. The van der Waals surface area contributed by atoms with E-state index in [1.165, 1.54) is 22.6 Å². The molecule has 0 aliphatic heterocycles. The van der Waals surface area contributed by atoms with Crippen molar-refractivity contribution in [2.45, 2.75) is 46.6 Å². The van der Waals surface area contributed by atoms with Gasteiger partial charge in [0.1, 0.15) is 0 Å². The van der Waals surface area contributed by atoms with Gasteiger partial charge in [-0.2, -0.15) is 0 Å². The van der Waals surface area contributed by atoms with Crippen LogP contribution in [0.2, 0.25) is 0 Å². The molecule has 1 aliphatic rings. The molecule has 20 heavy (non-hydrogen) atoms. The Bertz CT molecular complexity index is 634. The van der Waals surface area contributed by atoms with E-state index in [-0.39, 0.29) is 11.5 Å². The van der Waals surface area contributed by atoms with Gasteiger partial charge in [-0.1, -0.05) is 31.5 Å². The molecule has 1 heterocycles. The Hall–Kier alpha value is -1.54. The first-order valence-electron chi connectivity index (χ1n) is 7.34. The summed E-state index contributed by atoms with van der Waals surface area (Å²) in [7, 11) is 0. The van der Waals surface area contributed by atoms with E-state index in [2.05, 4.69) is 62.6 Å². The molecule has 0 saturated carbocycles. The molecular weight excluding hydrogens is 246 g/mol. The van der Waals surface area contributed by atoms with Crippen LogP contribution in [0.4, 0.5) is 0 Å². The van der Waals surface area contributed by atoms with Crippen LogP contribution in [-0.2, 0) is 6.42 Å². The average molecular weight is 269 g/mol. The SMILES string of the molecule is Cc1ccc(-n2c(C)cc3c2CC(C)(C)CC3O)cc1. The number of benzene rings is 1. The highest BCUT2D eigenvalue weighted by atomic mass is 16.3. The summed E-state index contributed by atoms with van der Waals surface area (Å²) in [6, 6.07) is 10.8. The van der Waals surface area contributed by atoms with Gasteiger partial charge in [-0.3, -0.25) is 0 Å². The van der Waals surface area contributed by atoms with Gasteiger partial charge in [-0.15, -0.1) is 0 Å². The second-order valence-corrected chi connectivity index (χ2v) is 6.92. The molecule has 2 heteroatoms. The van der Waals surface area contributed by atoms with Crippen LogP contribution in [0.15, 0.2) is 30.3 Å². The van der Waals surface area contributed by atoms with Crippen molar-refractivity contribution >= 4 is 0 Å². The van der Waals surface area contributed by atoms with Crippen molar-refractivity contribution < 1.29 is 5.11 Å². The predicted octanol–water partition coefficient (Wildman–Crippen LogP) is 4.10. The van der Waals surface area contributed by atoms with Gasteiger partial charge in [-0.05, 0) is 50.3 Å². The highest BCUT2D eigenvalue weighted by Gasteiger charge is 2.34. The number of hydrogen-bond donors (Lipinski definition) is 1. The third kappa shape index (κ3) is 2.18. The molecule has 3 rings (SSSR count). The Morgan fingerprint density at radius 1 is 1.15 bits per heavy atom. The second kappa shape index (κ2) is 4.49. The van der Waals surface area contributed by atoms with E-state index in [1.807, 2.05) is 0 Å². The molecule has 0 radical (unpaired) electrons. The van der Waals surface area contributed by atoms with Crippen molar-refractivity contribution in [2.75, 3.05) is 0 Å². The van der Waals surface area contributed by atoms with Crippen molar-refractivity contribution in [1.29, 1.82) is 0 Å². The lowest BCUT2D eigenvalue weighted by molar-refractivity contribution is 0.0987. The lowest BCUT2D eigenvalue weighted by atomic mass is 9.75. The molecule has 2 nitrogen and oxygen atoms in total. The van der Waals surface area contributed by atoms with Crippen LogP contribution >= 0.6 is 0 Å². The van der Waals surface area contributed by atoms with Gasteiger partial charge in [0.15, 0.2) is 0 Å². The zero-order valence-electron chi connectivity index (χ0n) is 12.8. The van der Waals surface area contributed by atoms with E-state index in [1.54, 1.807) is 0 Å². The molecule has 106 valence electrons. The molecule has 1 atom stereocenters. The monoisotopic (exact) mass is 269 g/mol. The number of aliphatic hydroxyl groups is 1. The van der Waals surface area contributed by atoms with E-state index < -0.39 is 0 Å². The fraction of sp³-hybridized carbons (Fsp3) is 0.444. The molecule has 1 N–H and O–H groups in total. The minimum absolute atomic E-state index is 0.152. The van der Waals surface area contributed by atoms with Crippen molar-refractivity contribution in [3.05, 3.63) is 52.8 Å². The van der Waals surface area contributed by atoms with Crippen LogP contribution in [0, 0.1) is 19.3 Å². The molecule has 1 aliphatic carbocycles. The normalized spacial score (nSPS) is 20.8. The third-order valence-corrected chi connectivity index (χ3v) is 4.36. The highest BCUT2D eigenvalue weighted by molar-refractivity contribution is 5.44. The number of rotatable bonds is 1. The summed E-state index contributed by atoms with van der Waals surface area (Å²) in [6.45, 7) is 8.70. The Morgan fingerprint density at radius 2 is 1.80 bits per heavy atom. The zero-order valence-corrected chi connectivity index (χ0v) is 12.8. The van der Waals surface area contributed by atoms with E-state index in [0.29, 0.717) is 0 Å². The Morgan fingerprint density at radius 3 is 2.45 bits per heavy atom. The first kappa shape index (κ1) is 13.4. The highest BCUT2D eigenvalue weighted by Crippen LogP contribution is 2.42. The molecular formula is C18H23NO. The summed E-state index contributed by atoms with van der Waals surface area (Å²) < 4.78 is 2.30. The van der Waals surface area contributed by atoms with Gasteiger partial charge in [0, 0.05) is 22.6 Å². The molecule has 2 aromatic rings. The number of nitrogens with zero attached hydrogens (tertiary/aromatic N) is 1. The van der Waals surface area contributed by atoms with Gasteiger partial charge in [0.2, 0.25) is 0 Å². The van der Waals surface area contributed by atoms with E-state index in [0.717, 1.165) is 18.4 Å². The smallest absolute Gasteiger partial charge is 0.0812 e. The van der Waals surface area contributed by atoms with Crippen LogP contribution in [0.3, 0.4) is 0 Å². The molecule has 0 spiro atoms. The Balaban J connectivity index is 2.16. The second-order valence-electron chi connectivity index (χ2n) is 6.92. The van der Waals surface area contributed by atoms with Gasteiger partial charge >= 0.3 is 0 Å². The maximum atomic E-state index is 10.4. The maximum absolute atomic E-state index is 10.4. The summed E-state index contributed by atoms with van der Waals surface area (Å²) >= 11 is 0. The summed E-state index contributed by atoms with van der Waals surface area (Å²) in [5.41, 5.74) is 6.21. The minimum atomic E-state index is -0.334. The van der Waals surface area contributed by atoms with Crippen molar-refractivity contribution in [2.24, 2.45) is 5.41 Å². The first-order valence-corrected chi connectivity index (χ1v) is 7.34. The van der Waals surface area contributed by atoms with Crippen LogP contribution in [0.1, 0.15) is 48.9 Å². The van der Waals surface area contributed by atoms with E-state index >= 15 is 0 Å². The molecule has 1 aromatic heterocycles. The van der Waals surface area contributed by atoms with Crippen LogP contribution in [0.5, 0.6) is 0 Å². The molecule has 0 fully saturated rings. The minimum Gasteiger partial charge on any atom is -0.388 e. The van der Waals surface area contributed by atoms with Crippen LogP contribution in [0.25, 0.3) is 5.69 Å². The molecule has 1 aromatic carbocycles. The number of fused-ring (bicyclic) bond motifs is 1. The van der Waals surface area contributed by atoms with Gasteiger partial charge in [0.05, 0.1) is 6.10 Å². The molecule has 0 amide bonds. The topological polar surface area (TPSA) is 25.2 Å². The average Bonchev–Trinajstić information content (AvgIpc) is 2.66. The molecule has 0 bridgehead atoms. The van der Waals surface area contributed by atoms with Crippen molar-refractivity contribution in [3.8, 4) is 5.69 Å². The third-order valence-electron chi connectivity index (χ3n) is 4.36. The lowest BCUT2D eigenvalue weighted by Gasteiger charge is -2.34. The number of hydrogen-bond acceptors (Lipinski definition) is 1. The fourth-order valence-corrected chi connectivity index (χ4v) is 3.40. The lowest BCUT2D eigenvalue weighted by Crippen LogP contribution is -2.26. The van der Waals surface area contributed by atoms with E-state index in [9.17, 15) is 5.11 Å². The Kier molecular flexibility index (Phi) is 3.02. The quantitative estimate of drug-likeness (QED) is 0.828. The largest absolute Gasteiger partial charge is 0.388 e. The van der Waals surface area contributed by atoms with Crippen molar-refractivity contribution in [1.82, 2.24) is 4.57 Å². The molecule has 0 saturated heterocycles. The summed E-state index contributed by atoms with van der Waals surface area (Å²) in [6.07, 6.45) is 1.53. The van der Waals surface area contributed by atoms with Gasteiger partial charge < -0.3 is 9.67 Å². The maximum Gasteiger partial charge on any atom is 0.0812 e. The standard InChI is InChI=1S/C18H23NO/c1-12-5-7-14(8-6-12)19-13(2)9-15-16(19)10-18(3,4)11-17(15)20/h5-9,17,20H,10-11H2,1-4H3. The van der Waals surface area contributed by atoms with Crippen LogP contribution in [-0.4, -0.2) is 9.67 Å². The number of aromatic nitrogens is 1. The summed E-state index contributed by atoms with van der Waals surface area (Å²) in [5.74, 6) is 0. The van der Waals surface area contributed by atoms with Crippen molar-refractivity contribution in [3.63, 3.8) is 0 Å². The van der Waals surface area contributed by atoms with Gasteiger partial charge in [-0.25, -0.2) is 0 Å². The number of aryl methyl sites for hydroxylation is 2. The Labute approximate surface area is 121 Å². The van der Waals surface area contributed by atoms with E-state index in [4.69, 9.17) is 0 Å². The van der Waals surface area contributed by atoms with Gasteiger partial charge in [0.25, 0.3) is 0 Å². The summed E-state index contributed by atoms with van der Waals surface area (Å²) in [5, 5.41) is 10.4. The zero-order chi connectivity index (χ0) is 14.5. The summed E-state index contributed by atoms with van der Waals surface area (Å²) in [4.78, 5) is 0. The number of aliphatic hydroxyl groups excluding tert-OH is 1. The molecule has 1 unspecified atom stereocenters. The predicted molar refractivity (Wildman–Crippen MR) is 82.3 cm³/mol. The van der Waals surface area contributed by atoms with Crippen LogP contribution < -0.4 is 0 Å². The fourth-order valence-electron chi connectivity index (χ4n) is 3.40.